The second kappa shape index (κ2) is 5.09. The standard InChI is InChI=1S/C13H16BrFO/c1-13(2,3)7-6-12(16)10-8-9(15)4-5-11(10)14/h4-5,8H,6-7H2,1-3H3. The molecule has 1 aromatic rings. The first-order chi connectivity index (χ1) is 7.29. The molecule has 0 spiro atoms. The zero-order valence-corrected chi connectivity index (χ0v) is 11.4. The van der Waals surface area contributed by atoms with Crippen LogP contribution in [0.25, 0.3) is 0 Å². The third-order valence-corrected chi connectivity index (χ3v) is 3.02. The molecule has 1 rings (SSSR count). The van der Waals surface area contributed by atoms with Gasteiger partial charge in [0.25, 0.3) is 0 Å². The van der Waals surface area contributed by atoms with Crippen molar-refractivity contribution in [2.45, 2.75) is 33.6 Å². The second-order valence-electron chi connectivity index (χ2n) is 5.11. The molecule has 0 amide bonds. The van der Waals surface area contributed by atoms with E-state index in [2.05, 4.69) is 36.7 Å². The minimum Gasteiger partial charge on any atom is -0.294 e. The van der Waals surface area contributed by atoms with E-state index >= 15 is 0 Å². The number of ketones is 1. The van der Waals surface area contributed by atoms with Crippen LogP contribution in [0.1, 0.15) is 44.0 Å². The molecule has 0 aliphatic rings. The summed E-state index contributed by atoms with van der Waals surface area (Å²) in [5, 5.41) is 0. The summed E-state index contributed by atoms with van der Waals surface area (Å²) in [6.45, 7) is 6.25. The summed E-state index contributed by atoms with van der Waals surface area (Å²) in [4.78, 5) is 11.9. The van der Waals surface area contributed by atoms with Crippen molar-refractivity contribution in [2.24, 2.45) is 5.41 Å². The molecule has 0 aliphatic heterocycles. The van der Waals surface area contributed by atoms with E-state index in [4.69, 9.17) is 0 Å². The number of Topliss-reactive ketones (excluding diaryl/α,β-unsaturated/α-hetero) is 1. The van der Waals surface area contributed by atoms with Crippen LogP contribution in [-0.2, 0) is 0 Å². The van der Waals surface area contributed by atoms with Gasteiger partial charge in [-0.05, 0) is 30.0 Å². The van der Waals surface area contributed by atoms with Gasteiger partial charge in [0.05, 0.1) is 0 Å². The Labute approximate surface area is 104 Å². The number of hydrogen-bond donors (Lipinski definition) is 0. The molecule has 16 heavy (non-hydrogen) atoms. The SMILES string of the molecule is CC(C)(C)CCC(=O)c1cc(F)ccc1Br. The Balaban J connectivity index is 2.77. The minimum atomic E-state index is -0.373. The summed E-state index contributed by atoms with van der Waals surface area (Å²) in [5.41, 5.74) is 0.555. The summed E-state index contributed by atoms with van der Waals surface area (Å²) in [6, 6.07) is 4.19. The largest absolute Gasteiger partial charge is 0.294 e. The van der Waals surface area contributed by atoms with Crippen LogP contribution in [0.5, 0.6) is 0 Å². The van der Waals surface area contributed by atoms with E-state index in [-0.39, 0.29) is 17.0 Å². The van der Waals surface area contributed by atoms with E-state index in [0.29, 0.717) is 16.5 Å². The van der Waals surface area contributed by atoms with Crippen LogP contribution in [0.4, 0.5) is 4.39 Å². The van der Waals surface area contributed by atoms with Crippen molar-refractivity contribution in [2.75, 3.05) is 0 Å². The number of benzene rings is 1. The van der Waals surface area contributed by atoms with Crippen LogP contribution in [-0.4, -0.2) is 5.78 Å². The summed E-state index contributed by atoms with van der Waals surface area (Å²) in [7, 11) is 0. The molecule has 0 saturated carbocycles. The molecule has 0 N–H and O–H groups in total. The molecule has 0 fully saturated rings. The lowest BCUT2D eigenvalue weighted by Gasteiger charge is -2.17. The smallest absolute Gasteiger partial charge is 0.164 e. The molecule has 0 bridgehead atoms. The molecule has 0 saturated heterocycles. The van der Waals surface area contributed by atoms with Crippen LogP contribution < -0.4 is 0 Å². The molecule has 1 nitrogen and oxygen atoms in total. The fraction of sp³-hybridized carbons (Fsp3) is 0.462. The Morgan fingerprint density at radius 1 is 1.38 bits per heavy atom. The van der Waals surface area contributed by atoms with Gasteiger partial charge in [-0.1, -0.05) is 36.7 Å². The van der Waals surface area contributed by atoms with Crippen LogP contribution in [0.3, 0.4) is 0 Å². The molecular weight excluding hydrogens is 271 g/mol. The molecule has 0 heterocycles. The number of carbonyl (C=O) groups excluding carboxylic acids is 1. The maximum Gasteiger partial charge on any atom is 0.164 e. The molecule has 1 aromatic carbocycles. The van der Waals surface area contributed by atoms with Crippen molar-refractivity contribution < 1.29 is 9.18 Å². The average Bonchev–Trinajstić information content (AvgIpc) is 2.17. The van der Waals surface area contributed by atoms with Crippen LogP contribution in [0.2, 0.25) is 0 Å². The van der Waals surface area contributed by atoms with Crippen molar-refractivity contribution in [3.63, 3.8) is 0 Å². The van der Waals surface area contributed by atoms with Gasteiger partial charge in [0.2, 0.25) is 0 Å². The van der Waals surface area contributed by atoms with E-state index in [1.165, 1.54) is 12.1 Å². The van der Waals surface area contributed by atoms with Crippen molar-refractivity contribution in [3.8, 4) is 0 Å². The third kappa shape index (κ3) is 4.05. The van der Waals surface area contributed by atoms with Crippen molar-refractivity contribution >= 4 is 21.7 Å². The maximum atomic E-state index is 13.0. The lowest BCUT2D eigenvalue weighted by Crippen LogP contribution is -2.09. The van der Waals surface area contributed by atoms with E-state index in [1.54, 1.807) is 6.07 Å². The lowest BCUT2D eigenvalue weighted by molar-refractivity contribution is 0.0965. The molecule has 0 radical (unpaired) electrons. The van der Waals surface area contributed by atoms with E-state index in [0.717, 1.165) is 6.42 Å². The number of halogens is 2. The van der Waals surface area contributed by atoms with Crippen molar-refractivity contribution in [3.05, 3.63) is 34.1 Å². The summed E-state index contributed by atoms with van der Waals surface area (Å²) < 4.78 is 13.7. The predicted octanol–water partition coefficient (Wildman–Crippen LogP) is 4.60. The predicted molar refractivity (Wildman–Crippen MR) is 67.1 cm³/mol. The molecule has 0 aromatic heterocycles. The first-order valence-corrected chi connectivity index (χ1v) is 6.07. The van der Waals surface area contributed by atoms with E-state index in [1.807, 2.05) is 0 Å². The molecule has 0 unspecified atom stereocenters. The van der Waals surface area contributed by atoms with Gasteiger partial charge in [-0.15, -0.1) is 0 Å². The van der Waals surface area contributed by atoms with E-state index in [9.17, 15) is 9.18 Å². The van der Waals surface area contributed by atoms with Crippen LogP contribution >= 0.6 is 15.9 Å². The highest BCUT2D eigenvalue weighted by atomic mass is 79.9. The zero-order valence-electron chi connectivity index (χ0n) is 9.81. The molecule has 3 heteroatoms. The maximum absolute atomic E-state index is 13.0. The van der Waals surface area contributed by atoms with Gasteiger partial charge in [-0.3, -0.25) is 4.79 Å². The zero-order chi connectivity index (χ0) is 12.3. The Kier molecular flexibility index (Phi) is 4.25. The van der Waals surface area contributed by atoms with Gasteiger partial charge in [0.15, 0.2) is 5.78 Å². The van der Waals surface area contributed by atoms with E-state index < -0.39 is 0 Å². The molecular formula is C13H16BrFO. The average molecular weight is 287 g/mol. The minimum absolute atomic E-state index is 0.0127. The number of rotatable bonds is 3. The van der Waals surface area contributed by atoms with Gasteiger partial charge in [0.1, 0.15) is 5.82 Å². The number of carbonyl (C=O) groups is 1. The summed E-state index contributed by atoms with van der Waals surface area (Å²) in [5.74, 6) is -0.386. The Morgan fingerprint density at radius 2 is 2.00 bits per heavy atom. The fourth-order valence-electron chi connectivity index (χ4n) is 1.33. The summed E-state index contributed by atoms with van der Waals surface area (Å²) >= 11 is 3.26. The molecule has 0 aliphatic carbocycles. The highest BCUT2D eigenvalue weighted by Gasteiger charge is 2.16. The topological polar surface area (TPSA) is 17.1 Å². The van der Waals surface area contributed by atoms with Crippen molar-refractivity contribution in [1.29, 1.82) is 0 Å². The van der Waals surface area contributed by atoms with Gasteiger partial charge >= 0.3 is 0 Å². The summed E-state index contributed by atoms with van der Waals surface area (Å²) in [6.07, 6.45) is 1.25. The first kappa shape index (κ1) is 13.4. The fourth-order valence-corrected chi connectivity index (χ4v) is 1.80. The Bertz CT molecular complexity index is 393. The van der Waals surface area contributed by atoms with Crippen LogP contribution in [0, 0.1) is 11.2 Å². The quantitative estimate of drug-likeness (QED) is 0.743. The monoisotopic (exact) mass is 286 g/mol. The van der Waals surface area contributed by atoms with Gasteiger partial charge in [-0.25, -0.2) is 4.39 Å². The van der Waals surface area contributed by atoms with Gasteiger partial charge in [0, 0.05) is 16.5 Å². The first-order valence-electron chi connectivity index (χ1n) is 5.28. The highest BCUT2D eigenvalue weighted by Crippen LogP contribution is 2.25. The van der Waals surface area contributed by atoms with Gasteiger partial charge in [-0.2, -0.15) is 0 Å². The van der Waals surface area contributed by atoms with Gasteiger partial charge < -0.3 is 0 Å². The van der Waals surface area contributed by atoms with Crippen molar-refractivity contribution in [1.82, 2.24) is 0 Å². The second-order valence-corrected chi connectivity index (χ2v) is 5.96. The Hall–Kier alpha value is -0.700. The third-order valence-electron chi connectivity index (χ3n) is 2.33. The molecule has 88 valence electrons. The Morgan fingerprint density at radius 3 is 2.56 bits per heavy atom. The van der Waals surface area contributed by atoms with Crippen LogP contribution in [0.15, 0.2) is 22.7 Å². The lowest BCUT2D eigenvalue weighted by atomic mass is 9.88. The molecule has 0 atom stereocenters. The highest BCUT2D eigenvalue weighted by molar-refractivity contribution is 9.10. The number of hydrogen-bond acceptors (Lipinski definition) is 1. The normalized spacial score (nSPS) is 11.6.